The molecule has 216 valence electrons. The topological polar surface area (TPSA) is 76.6 Å². The van der Waals surface area contributed by atoms with Gasteiger partial charge in [0.1, 0.15) is 5.60 Å². The summed E-state index contributed by atoms with van der Waals surface area (Å²) in [4.78, 5) is 45.9. The quantitative estimate of drug-likeness (QED) is 0.282. The lowest BCUT2D eigenvalue weighted by Crippen LogP contribution is -2.45. The van der Waals surface area contributed by atoms with Crippen molar-refractivity contribution in [3.05, 3.63) is 70.6 Å². The molecule has 1 fully saturated rings. The molecule has 1 aliphatic rings. The first kappa shape index (κ1) is 33.2. The van der Waals surface area contributed by atoms with Crippen LogP contribution in [-0.2, 0) is 19.1 Å². The minimum absolute atomic E-state index is 0.0468. The highest BCUT2D eigenvalue weighted by molar-refractivity contribution is 7.14. The maximum Gasteiger partial charge on any atom is 0.307 e. The van der Waals surface area contributed by atoms with Gasteiger partial charge >= 0.3 is 5.97 Å². The highest BCUT2D eigenvalue weighted by Gasteiger charge is 2.39. The highest BCUT2D eigenvalue weighted by atomic mass is 35.5. The first-order chi connectivity index (χ1) is 19.1. The van der Waals surface area contributed by atoms with Gasteiger partial charge < -0.3 is 4.74 Å². The van der Waals surface area contributed by atoms with Crippen LogP contribution in [0.1, 0.15) is 79.2 Å². The van der Waals surface area contributed by atoms with Crippen molar-refractivity contribution in [2.45, 2.75) is 79.2 Å². The van der Waals surface area contributed by atoms with Crippen LogP contribution in [-0.4, -0.2) is 34.8 Å². The molecule has 3 aromatic rings. The van der Waals surface area contributed by atoms with Gasteiger partial charge in [-0.3, -0.25) is 19.3 Å². The predicted octanol–water partition coefficient (Wildman–Crippen LogP) is 8.34. The number of aromatic nitrogens is 1. The molecule has 0 saturated carbocycles. The zero-order valence-electron chi connectivity index (χ0n) is 24.6. The molecule has 6 nitrogen and oxygen atoms in total. The average Bonchev–Trinajstić information content (AvgIpc) is 3.42. The molecule has 1 aromatic heterocycles. The number of nitrogens with zero attached hydrogens (tertiary/aromatic N) is 2. The van der Waals surface area contributed by atoms with Crippen LogP contribution in [0.3, 0.4) is 0 Å². The molecule has 1 saturated heterocycles. The first-order valence-corrected chi connectivity index (χ1v) is 15.2. The number of anilines is 1. The Hall–Kier alpha value is -3.03. The lowest BCUT2D eigenvalue weighted by molar-refractivity contribution is -0.157. The van der Waals surface area contributed by atoms with Crippen molar-refractivity contribution in [1.82, 2.24) is 4.98 Å². The van der Waals surface area contributed by atoms with Crippen molar-refractivity contribution >= 4 is 45.7 Å². The number of carbonyl (C=O) groups excluding carboxylic acids is 3. The van der Waals surface area contributed by atoms with E-state index in [1.54, 1.807) is 26.8 Å². The highest BCUT2D eigenvalue weighted by Crippen LogP contribution is 2.38. The number of amides is 1. The summed E-state index contributed by atoms with van der Waals surface area (Å²) in [5.74, 6) is -1.79. The van der Waals surface area contributed by atoms with E-state index in [1.807, 2.05) is 81.6 Å². The van der Waals surface area contributed by atoms with Gasteiger partial charge in [0.2, 0.25) is 5.91 Å². The van der Waals surface area contributed by atoms with Crippen molar-refractivity contribution in [2.75, 3.05) is 11.4 Å². The Labute approximate surface area is 247 Å². The SMILES string of the molecule is CC.CC.CC(C)(C)OC(=O)CC1C(=O)N(c2nc(-c3ccccc3Cl)cs2)CC(=O)CCC1c1ccccc1. The summed E-state index contributed by atoms with van der Waals surface area (Å²) in [6.07, 6.45) is 0.707. The predicted molar refractivity (Wildman–Crippen MR) is 165 cm³/mol. The number of ketones is 1. The number of thiazole rings is 1. The van der Waals surface area contributed by atoms with Crippen LogP contribution < -0.4 is 4.90 Å². The number of halogens is 1. The Bertz CT molecular complexity index is 1250. The van der Waals surface area contributed by atoms with Crippen molar-refractivity contribution in [1.29, 1.82) is 0 Å². The molecule has 8 heteroatoms. The summed E-state index contributed by atoms with van der Waals surface area (Å²) in [5, 5.41) is 2.78. The molecule has 0 spiro atoms. The molecular formula is C32H41ClN2O4S. The lowest BCUT2D eigenvalue weighted by Gasteiger charge is -2.33. The van der Waals surface area contributed by atoms with Gasteiger partial charge in [-0.15, -0.1) is 11.3 Å². The molecule has 0 N–H and O–H groups in total. The maximum absolute atomic E-state index is 14.0. The van der Waals surface area contributed by atoms with E-state index in [0.29, 0.717) is 28.7 Å². The van der Waals surface area contributed by atoms with Crippen molar-refractivity contribution in [3.8, 4) is 11.3 Å². The smallest absolute Gasteiger partial charge is 0.307 e. The fourth-order valence-corrected chi connectivity index (χ4v) is 5.52. The summed E-state index contributed by atoms with van der Waals surface area (Å²) in [7, 11) is 0. The third-order valence-corrected chi connectivity index (χ3v) is 7.24. The molecule has 1 aliphatic heterocycles. The number of hydrogen-bond donors (Lipinski definition) is 0. The fourth-order valence-electron chi connectivity index (χ4n) is 4.46. The molecule has 2 aromatic carbocycles. The Morgan fingerprint density at radius 3 is 2.27 bits per heavy atom. The number of carbonyl (C=O) groups is 3. The summed E-state index contributed by atoms with van der Waals surface area (Å²) in [6, 6.07) is 16.9. The maximum atomic E-state index is 14.0. The Kier molecular flexibility index (Phi) is 13.0. The lowest BCUT2D eigenvalue weighted by atomic mass is 9.78. The number of hydrogen-bond acceptors (Lipinski definition) is 6. The van der Waals surface area contributed by atoms with Crippen LogP contribution in [0.15, 0.2) is 60.0 Å². The van der Waals surface area contributed by atoms with Crippen molar-refractivity contribution in [3.63, 3.8) is 0 Å². The minimum Gasteiger partial charge on any atom is -0.460 e. The molecule has 40 heavy (non-hydrogen) atoms. The van der Waals surface area contributed by atoms with Gasteiger partial charge in [-0.1, -0.05) is 87.8 Å². The van der Waals surface area contributed by atoms with Crippen LogP contribution >= 0.6 is 22.9 Å². The van der Waals surface area contributed by atoms with Crippen LogP contribution in [0.2, 0.25) is 5.02 Å². The standard InChI is InChI=1S/C28H29ClN2O4S.2C2H6/c1-28(2,3)35-25(33)15-22-20(18-9-5-4-6-10-18)14-13-19(32)16-31(26(22)34)27-30-24(17-36-27)21-11-7-8-12-23(21)29;2*1-2/h4-12,17,20,22H,13-16H2,1-3H3;2*1-2H3. The van der Waals surface area contributed by atoms with Gasteiger partial charge in [0.15, 0.2) is 10.9 Å². The van der Waals surface area contributed by atoms with Crippen molar-refractivity contribution < 1.29 is 19.1 Å². The van der Waals surface area contributed by atoms with E-state index in [-0.39, 0.29) is 30.6 Å². The van der Waals surface area contributed by atoms with Crippen LogP contribution in [0.5, 0.6) is 0 Å². The van der Waals surface area contributed by atoms with Gasteiger partial charge in [-0.05, 0) is 44.7 Å². The van der Waals surface area contributed by atoms with Crippen LogP contribution in [0.25, 0.3) is 11.3 Å². The number of esters is 1. The molecule has 2 heterocycles. The molecule has 1 amide bonds. The van der Waals surface area contributed by atoms with Gasteiger partial charge in [0.05, 0.1) is 24.6 Å². The molecule has 2 unspecified atom stereocenters. The zero-order valence-corrected chi connectivity index (χ0v) is 26.1. The van der Waals surface area contributed by atoms with E-state index in [0.717, 1.165) is 11.1 Å². The Morgan fingerprint density at radius 2 is 1.65 bits per heavy atom. The zero-order chi connectivity index (χ0) is 29.9. The average molecular weight is 585 g/mol. The molecule has 0 radical (unpaired) electrons. The molecule has 4 rings (SSSR count). The summed E-state index contributed by atoms with van der Waals surface area (Å²) in [6.45, 7) is 13.3. The van der Waals surface area contributed by atoms with E-state index in [4.69, 9.17) is 16.3 Å². The van der Waals surface area contributed by atoms with E-state index in [2.05, 4.69) is 4.98 Å². The second-order valence-electron chi connectivity index (χ2n) is 9.91. The molecule has 0 aliphatic carbocycles. The largest absolute Gasteiger partial charge is 0.460 e. The van der Waals surface area contributed by atoms with E-state index >= 15 is 0 Å². The van der Waals surface area contributed by atoms with Gasteiger partial charge in [-0.2, -0.15) is 0 Å². The van der Waals surface area contributed by atoms with Crippen LogP contribution in [0.4, 0.5) is 5.13 Å². The molecular weight excluding hydrogens is 544 g/mol. The third kappa shape index (κ3) is 9.00. The first-order valence-electron chi connectivity index (χ1n) is 13.9. The fraction of sp³-hybridized carbons (Fsp3) is 0.438. The third-order valence-electron chi connectivity index (χ3n) is 6.04. The van der Waals surface area contributed by atoms with E-state index < -0.39 is 17.5 Å². The molecule has 0 bridgehead atoms. The second kappa shape index (κ2) is 15.7. The Balaban J connectivity index is 0.00000134. The van der Waals surface area contributed by atoms with Crippen molar-refractivity contribution in [2.24, 2.45) is 5.92 Å². The van der Waals surface area contributed by atoms with E-state index in [1.165, 1.54) is 16.2 Å². The summed E-state index contributed by atoms with van der Waals surface area (Å²) >= 11 is 7.63. The second-order valence-corrected chi connectivity index (χ2v) is 11.2. The normalized spacial score (nSPS) is 17.4. The van der Waals surface area contributed by atoms with Gasteiger partial charge in [-0.25, -0.2) is 4.98 Å². The molecule has 2 atom stereocenters. The number of ether oxygens (including phenoxy) is 1. The number of rotatable bonds is 5. The Morgan fingerprint density at radius 1 is 1.02 bits per heavy atom. The van der Waals surface area contributed by atoms with E-state index in [9.17, 15) is 14.4 Å². The number of benzene rings is 2. The van der Waals surface area contributed by atoms with Gasteiger partial charge in [0, 0.05) is 22.4 Å². The summed E-state index contributed by atoms with van der Waals surface area (Å²) < 4.78 is 5.58. The van der Waals surface area contributed by atoms with Gasteiger partial charge in [0.25, 0.3) is 0 Å². The summed E-state index contributed by atoms with van der Waals surface area (Å²) in [5.41, 5.74) is 1.63. The minimum atomic E-state index is -0.692. The van der Waals surface area contributed by atoms with Crippen LogP contribution in [0, 0.1) is 5.92 Å². The number of Topliss-reactive ketones (excluding diaryl/α,β-unsaturated/α-hetero) is 1. The monoisotopic (exact) mass is 584 g/mol.